The fraction of sp³-hybridized carbons (Fsp3) is 0.250. The second kappa shape index (κ2) is 7.90. The van der Waals surface area contributed by atoms with Gasteiger partial charge in [-0.25, -0.2) is 4.68 Å². The number of carbonyl (C=O) groups excluding carboxylic acids is 2. The number of hydrogen-bond donors (Lipinski definition) is 2. The van der Waals surface area contributed by atoms with Crippen molar-refractivity contribution in [2.24, 2.45) is 0 Å². The molecule has 0 aliphatic carbocycles. The summed E-state index contributed by atoms with van der Waals surface area (Å²) in [6.45, 7) is 0.635. The summed E-state index contributed by atoms with van der Waals surface area (Å²) < 4.78 is 6.94. The van der Waals surface area contributed by atoms with Crippen LogP contribution in [0.2, 0.25) is 5.02 Å². The molecular weight excluding hydrogens is 380 g/mol. The molecule has 2 aromatic heterocycles. The molecule has 0 radical (unpaired) electrons. The first-order valence-corrected chi connectivity index (χ1v) is 9.48. The van der Waals surface area contributed by atoms with Crippen LogP contribution in [0, 0.1) is 0 Å². The van der Waals surface area contributed by atoms with Crippen LogP contribution < -0.4 is 10.6 Å². The number of halogens is 1. The Morgan fingerprint density at radius 1 is 1.25 bits per heavy atom. The molecule has 1 aromatic carbocycles. The molecule has 1 saturated heterocycles. The second-order valence-electron chi connectivity index (χ2n) is 6.59. The zero-order chi connectivity index (χ0) is 19.5. The lowest BCUT2D eigenvalue weighted by Crippen LogP contribution is -2.45. The van der Waals surface area contributed by atoms with Crippen molar-refractivity contribution < 1.29 is 14.0 Å². The van der Waals surface area contributed by atoms with E-state index in [1.807, 2.05) is 0 Å². The minimum absolute atomic E-state index is 0.158. The van der Waals surface area contributed by atoms with E-state index in [1.54, 1.807) is 48.7 Å². The van der Waals surface area contributed by atoms with E-state index in [9.17, 15) is 9.59 Å². The van der Waals surface area contributed by atoms with Crippen molar-refractivity contribution >= 4 is 23.4 Å². The molecule has 3 heterocycles. The maximum atomic E-state index is 13.0. The molecule has 28 heavy (non-hydrogen) atoms. The van der Waals surface area contributed by atoms with E-state index >= 15 is 0 Å². The summed E-state index contributed by atoms with van der Waals surface area (Å²) in [6.07, 6.45) is 3.94. The molecular formula is C20H19ClN4O3. The number of furan rings is 1. The molecule has 144 valence electrons. The molecule has 0 spiro atoms. The minimum atomic E-state index is -0.560. The van der Waals surface area contributed by atoms with Crippen LogP contribution >= 0.6 is 11.6 Å². The van der Waals surface area contributed by atoms with Crippen molar-refractivity contribution in [2.45, 2.75) is 25.3 Å². The number of amides is 2. The minimum Gasteiger partial charge on any atom is -0.463 e. The number of carbonyl (C=O) groups is 2. The summed E-state index contributed by atoms with van der Waals surface area (Å²) in [6, 6.07) is 11.6. The zero-order valence-corrected chi connectivity index (χ0v) is 15.8. The molecule has 0 bridgehead atoms. The second-order valence-corrected chi connectivity index (χ2v) is 7.03. The summed E-state index contributed by atoms with van der Waals surface area (Å²) in [5, 5.41) is 10.8. The highest BCUT2D eigenvalue weighted by Gasteiger charge is 2.26. The van der Waals surface area contributed by atoms with E-state index < -0.39 is 6.04 Å². The van der Waals surface area contributed by atoms with Gasteiger partial charge in [0.05, 0.1) is 12.0 Å². The molecule has 4 rings (SSSR count). The lowest BCUT2D eigenvalue weighted by molar-refractivity contribution is -0.122. The smallest absolute Gasteiger partial charge is 0.270 e. The maximum Gasteiger partial charge on any atom is 0.270 e. The Bertz CT molecular complexity index is 980. The molecule has 0 saturated carbocycles. The molecule has 2 amide bonds. The molecule has 2 N–H and O–H groups in total. The predicted molar refractivity (Wildman–Crippen MR) is 104 cm³/mol. The van der Waals surface area contributed by atoms with Gasteiger partial charge in [-0.3, -0.25) is 9.59 Å². The molecule has 3 aromatic rings. The van der Waals surface area contributed by atoms with Gasteiger partial charge in [-0.05, 0) is 55.7 Å². The summed E-state index contributed by atoms with van der Waals surface area (Å²) in [4.78, 5) is 25.2. The first-order chi connectivity index (χ1) is 13.6. The molecule has 7 nitrogen and oxygen atoms in total. The number of aromatic nitrogens is 2. The molecule has 1 atom stereocenters. The summed E-state index contributed by atoms with van der Waals surface area (Å²) in [5.74, 6) is 0.0194. The van der Waals surface area contributed by atoms with Crippen molar-refractivity contribution in [1.29, 1.82) is 0 Å². The highest BCUT2D eigenvalue weighted by Crippen LogP contribution is 2.23. The van der Waals surface area contributed by atoms with Gasteiger partial charge in [0.25, 0.3) is 5.91 Å². The molecule has 1 aliphatic rings. The van der Waals surface area contributed by atoms with E-state index in [0.29, 0.717) is 40.8 Å². The normalized spacial score (nSPS) is 17.0. The first-order valence-electron chi connectivity index (χ1n) is 9.10. The van der Waals surface area contributed by atoms with E-state index in [2.05, 4.69) is 15.7 Å². The van der Waals surface area contributed by atoms with Crippen LogP contribution in [0.15, 0.2) is 53.1 Å². The van der Waals surface area contributed by atoms with Crippen LogP contribution in [-0.2, 0) is 4.79 Å². The topological polar surface area (TPSA) is 89.2 Å². The Morgan fingerprint density at radius 2 is 2.07 bits per heavy atom. The van der Waals surface area contributed by atoms with Gasteiger partial charge < -0.3 is 15.1 Å². The summed E-state index contributed by atoms with van der Waals surface area (Å²) in [5.41, 5.74) is 1.51. The molecule has 1 aliphatic heterocycles. The Morgan fingerprint density at radius 3 is 2.82 bits per heavy atom. The summed E-state index contributed by atoms with van der Waals surface area (Å²) in [7, 11) is 0. The highest BCUT2D eigenvalue weighted by atomic mass is 35.5. The third-order valence-electron chi connectivity index (χ3n) is 4.63. The number of hydrogen-bond acceptors (Lipinski definition) is 4. The number of rotatable bonds is 4. The van der Waals surface area contributed by atoms with Crippen LogP contribution in [0.25, 0.3) is 17.1 Å². The van der Waals surface area contributed by atoms with Gasteiger partial charge in [0, 0.05) is 17.6 Å². The third-order valence-corrected chi connectivity index (χ3v) is 4.88. The van der Waals surface area contributed by atoms with Crippen molar-refractivity contribution in [3.05, 3.63) is 59.4 Å². The summed E-state index contributed by atoms with van der Waals surface area (Å²) >= 11 is 5.98. The van der Waals surface area contributed by atoms with Crippen molar-refractivity contribution in [2.75, 3.05) is 6.54 Å². The fourth-order valence-corrected chi connectivity index (χ4v) is 3.30. The van der Waals surface area contributed by atoms with Gasteiger partial charge in [0.2, 0.25) is 5.91 Å². The highest BCUT2D eigenvalue weighted by molar-refractivity contribution is 6.30. The third kappa shape index (κ3) is 3.80. The van der Waals surface area contributed by atoms with E-state index in [-0.39, 0.29) is 11.8 Å². The SMILES string of the molecule is O=C(N[C@@H]1CCCCNC1=O)c1cc(-c2ccco2)nn1-c1ccc(Cl)cc1. The van der Waals surface area contributed by atoms with Crippen LogP contribution in [0.3, 0.4) is 0 Å². The average Bonchev–Trinajstić information content (AvgIpc) is 3.33. The maximum absolute atomic E-state index is 13.0. The molecule has 8 heteroatoms. The monoisotopic (exact) mass is 398 g/mol. The van der Waals surface area contributed by atoms with Crippen molar-refractivity contribution in [1.82, 2.24) is 20.4 Å². The largest absolute Gasteiger partial charge is 0.463 e. The zero-order valence-electron chi connectivity index (χ0n) is 15.0. The lowest BCUT2D eigenvalue weighted by atomic mass is 10.1. The van der Waals surface area contributed by atoms with Crippen molar-refractivity contribution in [3.8, 4) is 17.1 Å². The van der Waals surface area contributed by atoms with Gasteiger partial charge >= 0.3 is 0 Å². The van der Waals surface area contributed by atoms with Crippen LogP contribution in [0.4, 0.5) is 0 Å². The van der Waals surface area contributed by atoms with Crippen molar-refractivity contribution in [3.63, 3.8) is 0 Å². The van der Waals surface area contributed by atoms with Gasteiger partial charge in [0.1, 0.15) is 17.4 Å². The Kier molecular flexibility index (Phi) is 5.16. The van der Waals surface area contributed by atoms with E-state index in [0.717, 1.165) is 12.8 Å². The van der Waals surface area contributed by atoms with E-state index in [1.165, 1.54) is 4.68 Å². The average molecular weight is 399 g/mol. The van der Waals surface area contributed by atoms with Crippen LogP contribution in [0.1, 0.15) is 29.8 Å². The quantitative estimate of drug-likeness (QED) is 0.706. The first kappa shape index (κ1) is 18.3. The molecule has 0 unspecified atom stereocenters. The Labute approximate surface area is 166 Å². The number of benzene rings is 1. The van der Waals surface area contributed by atoms with Crippen LogP contribution in [0.5, 0.6) is 0 Å². The fourth-order valence-electron chi connectivity index (χ4n) is 3.18. The molecule has 1 fully saturated rings. The Balaban J connectivity index is 1.68. The van der Waals surface area contributed by atoms with Gasteiger partial charge in [-0.15, -0.1) is 0 Å². The van der Waals surface area contributed by atoms with Gasteiger partial charge in [-0.1, -0.05) is 11.6 Å². The standard InChI is InChI=1S/C20H19ClN4O3/c21-13-6-8-14(9-7-13)25-17(12-16(24-25)18-5-3-11-28-18)20(27)23-15-4-1-2-10-22-19(15)26/h3,5-9,11-12,15H,1-2,4,10H2,(H,22,26)(H,23,27)/t15-/m1/s1. The van der Waals surface area contributed by atoms with Crippen LogP contribution in [-0.4, -0.2) is 34.2 Å². The lowest BCUT2D eigenvalue weighted by Gasteiger charge is -2.15. The van der Waals surface area contributed by atoms with Gasteiger partial charge in [0.15, 0.2) is 5.76 Å². The Hall–Kier alpha value is -3.06. The number of nitrogens with one attached hydrogen (secondary N) is 2. The predicted octanol–water partition coefficient (Wildman–Crippen LogP) is 3.18. The van der Waals surface area contributed by atoms with Gasteiger partial charge in [-0.2, -0.15) is 5.10 Å². The number of nitrogens with zero attached hydrogens (tertiary/aromatic N) is 2. The van der Waals surface area contributed by atoms with E-state index in [4.69, 9.17) is 16.0 Å².